The van der Waals surface area contributed by atoms with Gasteiger partial charge in [-0.05, 0) is 53.8 Å². The number of methoxy groups -OCH3 is 1. The molecule has 2 heterocycles. The highest BCUT2D eigenvalue weighted by atomic mass is 35.5. The number of carboxylic acids is 1. The number of aryl methyl sites for hydroxylation is 1. The van der Waals surface area contributed by atoms with Crippen molar-refractivity contribution in [2.75, 3.05) is 7.11 Å². The second-order valence-electron chi connectivity index (χ2n) is 6.38. The smallest absolute Gasteiger partial charge is 0.337 e. The second-order valence-corrected chi connectivity index (χ2v) is 6.82. The number of nitrogens with zero attached hydrogens (tertiary/aromatic N) is 1. The lowest BCUT2D eigenvalue weighted by Gasteiger charge is -2.20. The Hall–Kier alpha value is -2.89. The predicted octanol–water partition coefficient (Wildman–Crippen LogP) is 5.12. The van der Waals surface area contributed by atoms with Crippen molar-refractivity contribution >= 4 is 39.4 Å². The quantitative estimate of drug-likeness (QED) is 0.515. The Kier molecular flexibility index (Phi) is 4.34. The van der Waals surface area contributed by atoms with Gasteiger partial charge in [0.05, 0.1) is 5.52 Å². The van der Waals surface area contributed by atoms with Crippen molar-refractivity contribution in [3.63, 3.8) is 0 Å². The van der Waals surface area contributed by atoms with Gasteiger partial charge in [0, 0.05) is 40.5 Å². The number of benzene rings is 2. The molecule has 4 aromatic rings. The van der Waals surface area contributed by atoms with Gasteiger partial charge < -0.3 is 14.8 Å². The number of hydrogen-bond donors (Lipinski definition) is 2. The van der Waals surface area contributed by atoms with E-state index in [-0.39, 0.29) is 0 Å². The van der Waals surface area contributed by atoms with Crippen molar-refractivity contribution in [1.82, 2.24) is 9.97 Å². The third kappa shape index (κ3) is 2.95. The molecule has 0 bridgehead atoms. The molecule has 0 fully saturated rings. The molecular weight excluding hydrogens is 364 g/mol. The average molecular weight is 381 g/mol. The summed E-state index contributed by atoms with van der Waals surface area (Å²) in [5.41, 5.74) is 4.51. The first-order chi connectivity index (χ1) is 13.0. The number of aliphatic carboxylic acids is 1. The SMILES string of the molecule is COC(C(=O)O)c1c(C)nc2ccc(Cl)cc2c1-c1ccc2cc[nH]c2c1. The number of ether oxygens (including phenoxy) is 1. The van der Waals surface area contributed by atoms with E-state index in [1.807, 2.05) is 42.6 Å². The van der Waals surface area contributed by atoms with E-state index in [1.165, 1.54) is 7.11 Å². The summed E-state index contributed by atoms with van der Waals surface area (Å²) in [5.74, 6) is -1.06. The summed E-state index contributed by atoms with van der Waals surface area (Å²) >= 11 is 6.24. The van der Waals surface area contributed by atoms with Gasteiger partial charge in [-0.3, -0.25) is 4.98 Å². The Labute approximate surface area is 160 Å². The van der Waals surface area contributed by atoms with Gasteiger partial charge in [0.15, 0.2) is 6.10 Å². The Morgan fingerprint density at radius 3 is 2.78 bits per heavy atom. The summed E-state index contributed by atoms with van der Waals surface area (Å²) < 4.78 is 5.31. The molecule has 27 heavy (non-hydrogen) atoms. The molecule has 2 aromatic heterocycles. The number of rotatable bonds is 4. The minimum Gasteiger partial charge on any atom is -0.479 e. The van der Waals surface area contributed by atoms with Crippen LogP contribution < -0.4 is 0 Å². The average Bonchev–Trinajstić information content (AvgIpc) is 3.10. The monoisotopic (exact) mass is 380 g/mol. The van der Waals surface area contributed by atoms with Crippen LogP contribution in [0.5, 0.6) is 0 Å². The molecule has 0 radical (unpaired) electrons. The topological polar surface area (TPSA) is 75.2 Å². The van der Waals surface area contributed by atoms with Crippen LogP contribution in [-0.4, -0.2) is 28.2 Å². The maximum atomic E-state index is 11.9. The van der Waals surface area contributed by atoms with Crippen LogP contribution in [0.3, 0.4) is 0 Å². The Bertz CT molecular complexity index is 1180. The van der Waals surface area contributed by atoms with Crippen molar-refractivity contribution in [2.45, 2.75) is 13.0 Å². The summed E-state index contributed by atoms with van der Waals surface area (Å²) in [4.78, 5) is 19.7. The number of fused-ring (bicyclic) bond motifs is 2. The first-order valence-electron chi connectivity index (χ1n) is 8.42. The number of hydrogen-bond acceptors (Lipinski definition) is 3. The van der Waals surface area contributed by atoms with Crippen molar-refractivity contribution in [3.05, 3.63) is 64.9 Å². The van der Waals surface area contributed by atoms with Crippen LogP contribution in [0.4, 0.5) is 0 Å². The molecule has 5 nitrogen and oxygen atoms in total. The molecule has 0 aliphatic rings. The van der Waals surface area contributed by atoms with Crippen LogP contribution in [0.1, 0.15) is 17.4 Å². The third-order valence-electron chi connectivity index (χ3n) is 4.74. The van der Waals surface area contributed by atoms with Gasteiger partial charge in [-0.25, -0.2) is 4.79 Å². The highest BCUT2D eigenvalue weighted by Gasteiger charge is 2.27. The second kappa shape index (κ2) is 6.68. The maximum absolute atomic E-state index is 11.9. The van der Waals surface area contributed by atoms with E-state index < -0.39 is 12.1 Å². The minimum absolute atomic E-state index is 0.533. The first kappa shape index (κ1) is 17.5. The van der Waals surface area contributed by atoms with Crippen LogP contribution >= 0.6 is 11.6 Å². The zero-order chi connectivity index (χ0) is 19.1. The molecule has 0 amide bonds. The normalized spacial score (nSPS) is 12.6. The van der Waals surface area contributed by atoms with Crippen LogP contribution in [0.15, 0.2) is 48.7 Å². The molecule has 0 saturated heterocycles. The standard InChI is InChI=1S/C21H17ClN2O3/c1-11-18(20(27-2)21(25)26)19(15-10-14(22)5-6-16(15)24-11)13-4-3-12-7-8-23-17(12)9-13/h3-10,20,23H,1-2H3,(H,25,26). The number of halogens is 1. The van der Waals surface area contributed by atoms with E-state index in [2.05, 4.69) is 9.97 Å². The van der Waals surface area contributed by atoms with Gasteiger partial charge in [-0.1, -0.05) is 23.7 Å². The van der Waals surface area contributed by atoms with Gasteiger partial charge >= 0.3 is 5.97 Å². The third-order valence-corrected chi connectivity index (χ3v) is 4.98. The Balaban J connectivity index is 2.13. The summed E-state index contributed by atoms with van der Waals surface area (Å²) in [5, 5.41) is 12.1. The Morgan fingerprint density at radius 1 is 1.22 bits per heavy atom. The van der Waals surface area contributed by atoms with E-state index in [1.54, 1.807) is 13.0 Å². The molecule has 136 valence electrons. The number of aromatic nitrogens is 2. The molecule has 0 spiro atoms. The fourth-order valence-electron chi connectivity index (χ4n) is 3.55. The summed E-state index contributed by atoms with van der Waals surface area (Å²) in [6, 6.07) is 13.4. The number of nitrogens with one attached hydrogen (secondary N) is 1. The van der Waals surface area contributed by atoms with Gasteiger partial charge in [-0.15, -0.1) is 0 Å². The van der Waals surface area contributed by atoms with Crippen LogP contribution in [-0.2, 0) is 9.53 Å². The number of pyridine rings is 1. The lowest BCUT2D eigenvalue weighted by atomic mass is 9.91. The molecule has 0 saturated carbocycles. The van der Waals surface area contributed by atoms with Crippen LogP contribution in [0, 0.1) is 6.92 Å². The lowest BCUT2D eigenvalue weighted by Crippen LogP contribution is -2.17. The van der Waals surface area contributed by atoms with E-state index in [0.29, 0.717) is 16.3 Å². The first-order valence-corrected chi connectivity index (χ1v) is 8.80. The van der Waals surface area contributed by atoms with Gasteiger partial charge in [0.1, 0.15) is 0 Å². The number of H-pyrrole nitrogens is 1. The predicted molar refractivity (Wildman–Crippen MR) is 106 cm³/mol. The molecule has 4 rings (SSSR count). The molecule has 2 N–H and O–H groups in total. The molecule has 6 heteroatoms. The lowest BCUT2D eigenvalue weighted by molar-refractivity contribution is -0.148. The molecule has 1 unspecified atom stereocenters. The van der Waals surface area contributed by atoms with E-state index >= 15 is 0 Å². The number of aromatic amines is 1. The summed E-state index contributed by atoms with van der Waals surface area (Å²) in [7, 11) is 1.39. The number of carbonyl (C=O) groups is 1. The van der Waals surface area contributed by atoms with E-state index in [9.17, 15) is 9.90 Å². The molecule has 0 aliphatic carbocycles. The fraction of sp³-hybridized carbons (Fsp3) is 0.143. The zero-order valence-corrected chi connectivity index (χ0v) is 15.5. The summed E-state index contributed by atoms with van der Waals surface area (Å²) in [6.07, 6.45) is 0.743. The molecule has 1 atom stereocenters. The highest BCUT2D eigenvalue weighted by molar-refractivity contribution is 6.31. The van der Waals surface area contributed by atoms with E-state index in [4.69, 9.17) is 16.3 Å². The molecular formula is C21H17ClN2O3. The van der Waals surface area contributed by atoms with Crippen molar-refractivity contribution < 1.29 is 14.6 Å². The van der Waals surface area contributed by atoms with Gasteiger partial charge in [0.2, 0.25) is 0 Å². The van der Waals surface area contributed by atoms with Crippen molar-refractivity contribution in [3.8, 4) is 11.1 Å². The molecule has 0 aliphatic heterocycles. The maximum Gasteiger partial charge on any atom is 0.337 e. The van der Waals surface area contributed by atoms with Crippen molar-refractivity contribution in [2.24, 2.45) is 0 Å². The molecule has 2 aromatic carbocycles. The number of carboxylic acid groups (broad SMARTS) is 1. The van der Waals surface area contributed by atoms with Crippen LogP contribution in [0.2, 0.25) is 5.02 Å². The van der Waals surface area contributed by atoms with Gasteiger partial charge in [-0.2, -0.15) is 0 Å². The fourth-order valence-corrected chi connectivity index (χ4v) is 3.72. The summed E-state index contributed by atoms with van der Waals surface area (Å²) in [6.45, 7) is 1.80. The minimum atomic E-state index is -1.13. The van der Waals surface area contributed by atoms with E-state index in [0.717, 1.165) is 32.9 Å². The van der Waals surface area contributed by atoms with Crippen molar-refractivity contribution in [1.29, 1.82) is 0 Å². The van der Waals surface area contributed by atoms with Crippen LogP contribution in [0.25, 0.3) is 32.9 Å². The largest absolute Gasteiger partial charge is 0.479 e. The highest BCUT2D eigenvalue weighted by Crippen LogP contribution is 2.39. The van der Waals surface area contributed by atoms with Gasteiger partial charge in [0.25, 0.3) is 0 Å². The Morgan fingerprint density at radius 2 is 2.04 bits per heavy atom. The zero-order valence-electron chi connectivity index (χ0n) is 14.8.